The highest BCUT2D eigenvalue weighted by Gasteiger charge is 2.12. The average Bonchev–Trinajstić information content (AvgIpc) is 2.75. The zero-order valence-corrected chi connectivity index (χ0v) is 11.4. The maximum absolute atomic E-state index is 4.26. The first-order chi connectivity index (χ1) is 8.69. The van der Waals surface area contributed by atoms with Gasteiger partial charge in [0.15, 0.2) is 0 Å². The maximum Gasteiger partial charge on any atom is 0.0537 e. The predicted molar refractivity (Wildman–Crippen MR) is 74.5 cm³/mol. The molecule has 0 amide bonds. The topological polar surface area (TPSA) is 29.9 Å². The summed E-state index contributed by atoms with van der Waals surface area (Å²) in [6.07, 6.45) is 5.04. The van der Waals surface area contributed by atoms with Gasteiger partial charge in [-0.3, -0.25) is 4.68 Å². The summed E-state index contributed by atoms with van der Waals surface area (Å²) < 4.78 is 1.86. The Morgan fingerprint density at radius 2 is 2.22 bits per heavy atom. The molecule has 1 aromatic carbocycles. The third kappa shape index (κ3) is 3.20. The maximum atomic E-state index is 4.26. The number of nitrogens with zero attached hydrogens (tertiary/aromatic N) is 2. The van der Waals surface area contributed by atoms with E-state index in [1.54, 1.807) is 0 Å². The lowest BCUT2D eigenvalue weighted by molar-refractivity contribution is 0.549. The molecule has 1 aromatic heterocycles. The highest BCUT2D eigenvalue weighted by Crippen LogP contribution is 2.18. The fourth-order valence-corrected chi connectivity index (χ4v) is 2.25. The van der Waals surface area contributed by atoms with Crippen molar-refractivity contribution in [2.45, 2.75) is 26.3 Å². The average molecular weight is 243 g/mol. The molecule has 0 saturated carbocycles. The zero-order valence-electron chi connectivity index (χ0n) is 11.4. The van der Waals surface area contributed by atoms with Crippen molar-refractivity contribution in [3.05, 3.63) is 53.3 Å². The van der Waals surface area contributed by atoms with Crippen LogP contribution in [0.2, 0.25) is 0 Å². The first kappa shape index (κ1) is 12.8. The molecule has 0 spiro atoms. The third-order valence-electron chi connectivity index (χ3n) is 3.10. The minimum atomic E-state index is 0.338. The molecule has 0 aliphatic heterocycles. The van der Waals surface area contributed by atoms with Crippen molar-refractivity contribution in [3.63, 3.8) is 0 Å². The molecule has 0 bridgehead atoms. The van der Waals surface area contributed by atoms with Gasteiger partial charge in [-0.2, -0.15) is 5.10 Å². The largest absolute Gasteiger partial charge is 0.310 e. The summed E-state index contributed by atoms with van der Waals surface area (Å²) in [7, 11) is 1.96. The number of likely N-dealkylation sites (N-methyl/N-ethyl adjacent to an activating group) is 1. The van der Waals surface area contributed by atoms with Crippen molar-refractivity contribution < 1.29 is 0 Å². The monoisotopic (exact) mass is 243 g/mol. The Balaban J connectivity index is 2.16. The van der Waals surface area contributed by atoms with Crippen LogP contribution in [-0.4, -0.2) is 16.3 Å². The minimum absolute atomic E-state index is 0.338. The van der Waals surface area contributed by atoms with Crippen LogP contribution in [0.25, 0.3) is 0 Å². The molecule has 96 valence electrons. The van der Waals surface area contributed by atoms with Crippen LogP contribution in [-0.2, 0) is 13.5 Å². The third-order valence-corrected chi connectivity index (χ3v) is 3.10. The molecule has 0 aliphatic rings. The smallest absolute Gasteiger partial charge is 0.0537 e. The van der Waals surface area contributed by atoms with Crippen molar-refractivity contribution in [2.24, 2.45) is 7.05 Å². The van der Waals surface area contributed by atoms with Crippen molar-refractivity contribution in [2.75, 3.05) is 6.54 Å². The molecule has 0 fully saturated rings. The van der Waals surface area contributed by atoms with Crippen LogP contribution in [0.1, 0.15) is 29.7 Å². The molecule has 2 rings (SSSR count). The number of nitrogens with one attached hydrogen (secondary N) is 1. The van der Waals surface area contributed by atoms with Crippen LogP contribution in [0, 0.1) is 6.92 Å². The number of hydrogen-bond donors (Lipinski definition) is 1. The highest BCUT2D eigenvalue weighted by molar-refractivity contribution is 5.25. The molecule has 18 heavy (non-hydrogen) atoms. The van der Waals surface area contributed by atoms with E-state index in [0.29, 0.717) is 6.04 Å². The Hall–Kier alpha value is -1.61. The molecule has 1 N–H and O–H groups in total. The number of rotatable bonds is 5. The molecular weight excluding hydrogens is 222 g/mol. The van der Waals surface area contributed by atoms with Gasteiger partial charge >= 0.3 is 0 Å². The van der Waals surface area contributed by atoms with Crippen LogP contribution in [0.5, 0.6) is 0 Å². The SMILES string of the molecule is CCNC(Cc1cccc(C)c1)c1cnn(C)c1. The van der Waals surface area contributed by atoms with E-state index in [2.05, 4.69) is 54.7 Å². The van der Waals surface area contributed by atoms with E-state index in [1.165, 1.54) is 16.7 Å². The molecular formula is C15H21N3. The van der Waals surface area contributed by atoms with Crippen LogP contribution in [0.15, 0.2) is 36.7 Å². The molecule has 2 aromatic rings. The highest BCUT2D eigenvalue weighted by atomic mass is 15.2. The number of benzene rings is 1. The van der Waals surface area contributed by atoms with Crippen molar-refractivity contribution in [3.8, 4) is 0 Å². The minimum Gasteiger partial charge on any atom is -0.310 e. The van der Waals surface area contributed by atoms with E-state index in [9.17, 15) is 0 Å². The quantitative estimate of drug-likeness (QED) is 0.875. The van der Waals surface area contributed by atoms with Crippen molar-refractivity contribution in [1.29, 1.82) is 0 Å². The Bertz CT molecular complexity index is 502. The van der Waals surface area contributed by atoms with E-state index < -0.39 is 0 Å². The summed E-state index contributed by atoms with van der Waals surface area (Å²) in [6.45, 7) is 5.24. The molecule has 1 unspecified atom stereocenters. The van der Waals surface area contributed by atoms with Gasteiger partial charge in [-0.1, -0.05) is 36.8 Å². The molecule has 0 radical (unpaired) electrons. The molecule has 3 heteroatoms. The van der Waals surface area contributed by atoms with Gasteiger partial charge in [-0.15, -0.1) is 0 Å². The normalized spacial score (nSPS) is 12.6. The molecule has 0 aliphatic carbocycles. The summed E-state index contributed by atoms with van der Waals surface area (Å²) in [5, 5.41) is 7.78. The Kier molecular flexibility index (Phi) is 4.15. The Morgan fingerprint density at radius 3 is 2.83 bits per heavy atom. The van der Waals surface area contributed by atoms with E-state index >= 15 is 0 Å². The van der Waals surface area contributed by atoms with Crippen LogP contribution < -0.4 is 5.32 Å². The lowest BCUT2D eigenvalue weighted by atomic mass is 10.00. The number of aryl methyl sites for hydroxylation is 2. The van der Waals surface area contributed by atoms with Crippen LogP contribution in [0.3, 0.4) is 0 Å². The second-order valence-corrected chi connectivity index (χ2v) is 4.75. The first-order valence-electron chi connectivity index (χ1n) is 6.46. The van der Waals surface area contributed by atoms with E-state index in [4.69, 9.17) is 0 Å². The summed E-state index contributed by atoms with van der Waals surface area (Å²) in [5.41, 5.74) is 3.93. The summed E-state index contributed by atoms with van der Waals surface area (Å²) >= 11 is 0. The zero-order chi connectivity index (χ0) is 13.0. The molecule has 0 saturated heterocycles. The van der Waals surface area contributed by atoms with Crippen LogP contribution >= 0.6 is 0 Å². The fraction of sp³-hybridized carbons (Fsp3) is 0.400. The van der Waals surface area contributed by atoms with Gasteiger partial charge in [0, 0.05) is 24.8 Å². The van der Waals surface area contributed by atoms with E-state index in [1.807, 2.05) is 17.9 Å². The van der Waals surface area contributed by atoms with Gasteiger partial charge < -0.3 is 5.32 Å². The standard InChI is InChI=1S/C15H21N3/c1-4-16-15(14-10-17-18(3)11-14)9-13-7-5-6-12(2)8-13/h5-8,10-11,15-16H,4,9H2,1-3H3. The van der Waals surface area contributed by atoms with Gasteiger partial charge in [0.25, 0.3) is 0 Å². The van der Waals surface area contributed by atoms with Crippen molar-refractivity contribution >= 4 is 0 Å². The van der Waals surface area contributed by atoms with Crippen molar-refractivity contribution in [1.82, 2.24) is 15.1 Å². The Morgan fingerprint density at radius 1 is 1.39 bits per heavy atom. The van der Waals surface area contributed by atoms with Gasteiger partial charge in [-0.05, 0) is 25.5 Å². The fourth-order valence-electron chi connectivity index (χ4n) is 2.25. The summed E-state index contributed by atoms with van der Waals surface area (Å²) in [4.78, 5) is 0. The lowest BCUT2D eigenvalue weighted by Crippen LogP contribution is -2.22. The molecule has 1 atom stereocenters. The summed E-state index contributed by atoms with van der Waals surface area (Å²) in [5.74, 6) is 0. The first-order valence-corrected chi connectivity index (χ1v) is 6.46. The van der Waals surface area contributed by atoms with Gasteiger partial charge in [0.2, 0.25) is 0 Å². The van der Waals surface area contributed by atoms with E-state index in [-0.39, 0.29) is 0 Å². The van der Waals surface area contributed by atoms with Gasteiger partial charge in [0.1, 0.15) is 0 Å². The van der Waals surface area contributed by atoms with Gasteiger partial charge in [-0.25, -0.2) is 0 Å². The van der Waals surface area contributed by atoms with Gasteiger partial charge in [0.05, 0.1) is 6.20 Å². The lowest BCUT2D eigenvalue weighted by Gasteiger charge is -2.16. The molecule has 1 heterocycles. The molecule has 3 nitrogen and oxygen atoms in total. The van der Waals surface area contributed by atoms with Crippen LogP contribution in [0.4, 0.5) is 0 Å². The second-order valence-electron chi connectivity index (χ2n) is 4.75. The predicted octanol–water partition coefficient (Wildman–Crippen LogP) is 2.62. The number of hydrogen-bond acceptors (Lipinski definition) is 2. The number of aromatic nitrogens is 2. The van der Waals surface area contributed by atoms with E-state index in [0.717, 1.165) is 13.0 Å². The summed E-state index contributed by atoms with van der Waals surface area (Å²) in [6, 6.07) is 9.03. The Labute approximate surface area is 109 Å². The second kappa shape index (κ2) is 5.83.